The first-order valence-corrected chi connectivity index (χ1v) is 9.95. The standard InChI is InChI=1S/C20H20BrClN5O/c1-20(15-3-5-16(22)6-4-15)11-18(27-19(25-20)17(21)13-24-27)23-12-14-7-9-26(28-2)10-8-14/h3-11,13,23,25H,12H2,1-2H3/q+1. The van der Waals surface area contributed by atoms with E-state index in [1.165, 1.54) is 0 Å². The van der Waals surface area contributed by atoms with E-state index < -0.39 is 5.54 Å². The molecule has 3 aromatic rings. The van der Waals surface area contributed by atoms with Crippen molar-refractivity contribution >= 4 is 39.2 Å². The van der Waals surface area contributed by atoms with Gasteiger partial charge in [0.05, 0.1) is 16.2 Å². The number of nitrogens with zero attached hydrogens (tertiary/aromatic N) is 3. The van der Waals surface area contributed by atoms with Gasteiger partial charge in [-0.3, -0.25) is 4.84 Å². The van der Waals surface area contributed by atoms with E-state index in [4.69, 9.17) is 16.4 Å². The maximum absolute atomic E-state index is 6.07. The molecular weight excluding hydrogens is 442 g/mol. The Morgan fingerprint density at radius 1 is 1.25 bits per heavy atom. The van der Waals surface area contributed by atoms with E-state index >= 15 is 0 Å². The smallest absolute Gasteiger partial charge is 0.222 e. The number of anilines is 1. The van der Waals surface area contributed by atoms with Gasteiger partial charge in [0.1, 0.15) is 18.7 Å². The molecule has 2 N–H and O–H groups in total. The molecule has 0 radical (unpaired) electrons. The van der Waals surface area contributed by atoms with Crippen molar-refractivity contribution in [2.24, 2.45) is 0 Å². The summed E-state index contributed by atoms with van der Waals surface area (Å²) in [6.45, 7) is 2.79. The second-order valence-corrected chi connectivity index (χ2v) is 8.01. The average molecular weight is 462 g/mol. The number of hydrogen-bond acceptors (Lipinski definition) is 4. The van der Waals surface area contributed by atoms with Crippen molar-refractivity contribution in [1.29, 1.82) is 0 Å². The van der Waals surface area contributed by atoms with Crippen LogP contribution in [0, 0.1) is 0 Å². The average Bonchev–Trinajstić information content (AvgIpc) is 3.07. The van der Waals surface area contributed by atoms with Crippen molar-refractivity contribution in [2.75, 3.05) is 12.4 Å². The molecule has 2 aromatic heterocycles. The van der Waals surface area contributed by atoms with Gasteiger partial charge in [0.2, 0.25) is 12.4 Å². The third-order valence-corrected chi connectivity index (χ3v) is 5.59. The minimum absolute atomic E-state index is 0.415. The van der Waals surface area contributed by atoms with Gasteiger partial charge in [0, 0.05) is 28.4 Å². The highest BCUT2D eigenvalue weighted by atomic mass is 79.9. The number of hydrogen-bond donors (Lipinski definition) is 2. The maximum Gasteiger partial charge on any atom is 0.222 e. The predicted octanol–water partition coefficient (Wildman–Crippen LogP) is 3.57. The van der Waals surface area contributed by atoms with Crippen LogP contribution in [0.25, 0.3) is 5.82 Å². The molecule has 0 bridgehead atoms. The lowest BCUT2D eigenvalue weighted by molar-refractivity contribution is -0.885. The Kier molecular flexibility index (Phi) is 5.03. The molecule has 0 amide bonds. The molecule has 4 rings (SSSR count). The van der Waals surface area contributed by atoms with Gasteiger partial charge in [-0.1, -0.05) is 23.7 Å². The zero-order chi connectivity index (χ0) is 19.7. The van der Waals surface area contributed by atoms with Gasteiger partial charge in [-0.2, -0.15) is 5.10 Å². The zero-order valence-corrected chi connectivity index (χ0v) is 17.8. The molecule has 1 atom stereocenters. The molecule has 1 aliphatic heterocycles. The van der Waals surface area contributed by atoms with E-state index in [0.29, 0.717) is 11.6 Å². The monoisotopic (exact) mass is 460 g/mol. The van der Waals surface area contributed by atoms with Crippen molar-refractivity contribution < 1.29 is 9.57 Å². The van der Waals surface area contributed by atoms with E-state index in [-0.39, 0.29) is 0 Å². The molecule has 0 saturated heterocycles. The van der Waals surface area contributed by atoms with Crippen molar-refractivity contribution in [3.8, 4) is 0 Å². The molecule has 1 unspecified atom stereocenters. The zero-order valence-electron chi connectivity index (χ0n) is 15.5. The summed E-state index contributed by atoms with van der Waals surface area (Å²) >= 11 is 9.66. The summed E-state index contributed by atoms with van der Waals surface area (Å²) in [5.41, 5.74) is 1.83. The Hall–Kier alpha value is -2.51. The molecule has 1 aliphatic rings. The fourth-order valence-corrected chi connectivity index (χ4v) is 3.68. The Morgan fingerprint density at radius 3 is 2.64 bits per heavy atom. The fourth-order valence-electron chi connectivity index (χ4n) is 3.19. The number of pyridine rings is 1. The highest BCUT2D eigenvalue weighted by Gasteiger charge is 2.32. The lowest BCUT2D eigenvalue weighted by Crippen LogP contribution is -2.39. The van der Waals surface area contributed by atoms with Crippen LogP contribution in [-0.4, -0.2) is 16.9 Å². The number of nitrogens with one attached hydrogen (secondary N) is 2. The van der Waals surface area contributed by atoms with Gasteiger partial charge in [-0.15, -0.1) is 0 Å². The Morgan fingerprint density at radius 2 is 1.96 bits per heavy atom. The van der Waals surface area contributed by atoms with Gasteiger partial charge in [-0.05, 0) is 52.2 Å². The number of aromatic nitrogens is 3. The lowest BCUT2D eigenvalue weighted by atomic mass is 9.90. The van der Waals surface area contributed by atoms with Crippen LogP contribution in [0.1, 0.15) is 18.1 Å². The number of fused-ring (bicyclic) bond motifs is 1. The molecule has 0 spiro atoms. The Bertz CT molecular complexity index is 1020. The summed E-state index contributed by atoms with van der Waals surface area (Å²) in [6.07, 6.45) is 7.68. The van der Waals surface area contributed by atoms with Crippen LogP contribution in [0.4, 0.5) is 5.82 Å². The van der Waals surface area contributed by atoms with Crippen LogP contribution in [0.5, 0.6) is 0 Å². The largest absolute Gasteiger partial charge is 0.366 e. The first kappa shape index (κ1) is 18.8. The van der Waals surface area contributed by atoms with E-state index in [9.17, 15) is 0 Å². The van der Waals surface area contributed by atoms with E-state index in [2.05, 4.69) is 44.7 Å². The van der Waals surface area contributed by atoms with E-state index in [0.717, 1.165) is 27.2 Å². The Labute approximate surface area is 176 Å². The van der Waals surface area contributed by atoms with Crippen LogP contribution in [0.15, 0.2) is 65.5 Å². The summed E-state index contributed by atoms with van der Waals surface area (Å²) in [5, 5.41) is 12.3. The second kappa shape index (κ2) is 7.48. The van der Waals surface area contributed by atoms with Gasteiger partial charge in [-0.25, -0.2) is 4.68 Å². The molecule has 8 heteroatoms. The quantitative estimate of drug-likeness (QED) is 0.570. The van der Waals surface area contributed by atoms with Crippen LogP contribution in [-0.2, 0) is 12.1 Å². The molecule has 6 nitrogen and oxygen atoms in total. The SMILES string of the molecule is CO[n+]1ccc(CNC2=CC(C)(c3ccc(Cl)cc3)Nc3c(Br)cnn32)cc1. The van der Waals surface area contributed by atoms with Crippen molar-refractivity contribution in [3.05, 3.63) is 81.7 Å². The predicted molar refractivity (Wildman–Crippen MR) is 113 cm³/mol. The molecule has 0 fully saturated rings. The van der Waals surface area contributed by atoms with Gasteiger partial charge >= 0.3 is 0 Å². The molecule has 0 aliphatic carbocycles. The van der Waals surface area contributed by atoms with Crippen LogP contribution in [0.2, 0.25) is 5.02 Å². The minimum Gasteiger partial charge on any atom is -0.366 e. The van der Waals surface area contributed by atoms with Gasteiger partial charge in [0.25, 0.3) is 0 Å². The molecule has 28 heavy (non-hydrogen) atoms. The van der Waals surface area contributed by atoms with Crippen LogP contribution < -0.4 is 20.2 Å². The summed E-state index contributed by atoms with van der Waals surface area (Å²) < 4.78 is 4.41. The number of rotatable bonds is 5. The normalized spacial score (nSPS) is 18.1. The van der Waals surface area contributed by atoms with Crippen molar-refractivity contribution in [2.45, 2.75) is 19.0 Å². The molecule has 3 heterocycles. The minimum atomic E-state index is -0.415. The molecule has 144 valence electrons. The maximum atomic E-state index is 6.07. The summed E-state index contributed by atoms with van der Waals surface area (Å²) in [4.78, 5) is 5.15. The number of halogens is 2. The first-order valence-electron chi connectivity index (χ1n) is 8.78. The van der Waals surface area contributed by atoms with Gasteiger partial charge < -0.3 is 10.6 Å². The van der Waals surface area contributed by atoms with Gasteiger partial charge in [0.15, 0.2) is 0 Å². The highest BCUT2D eigenvalue weighted by Crippen LogP contribution is 2.37. The third kappa shape index (κ3) is 3.59. The highest BCUT2D eigenvalue weighted by molar-refractivity contribution is 9.10. The summed E-state index contributed by atoms with van der Waals surface area (Å²) in [5.74, 6) is 1.80. The lowest BCUT2D eigenvalue weighted by Gasteiger charge is -2.35. The van der Waals surface area contributed by atoms with Crippen molar-refractivity contribution in [3.63, 3.8) is 0 Å². The van der Waals surface area contributed by atoms with E-state index in [1.54, 1.807) is 18.0 Å². The van der Waals surface area contributed by atoms with Crippen molar-refractivity contribution in [1.82, 2.24) is 15.1 Å². The van der Waals surface area contributed by atoms with Crippen LogP contribution in [0.3, 0.4) is 0 Å². The summed E-state index contributed by atoms with van der Waals surface area (Å²) in [7, 11) is 1.63. The fraction of sp³-hybridized carbons (Fsp3) is 0.200. The Balaban J connectivity index is 1.65. The second-order valence-electron chi connectivity index (χ2n) is 6.72. The summed E-state index contributed by atoms with van der Waals surface area (Å²) in [6, 6.07) is 11.9. The van der Waals surface area contributed by atoms with E-state index in [1.807, 2.05) is 53.5 Å². The third-order valence-electron chi connectivity index (χ3n) is 4.76. The van der Waals surface area contributed by atoms with Crippen LogP contribution >= 0.6 is 27.5 Å². The first-order chi connectivity index (χ1) is 13.5. The number of benzene rings is 1. The molecule has 0 saturated carbocycles. The molecule has 1 aromatic carbocycles. The topological polar surface area (TPSA) is 55.0 Å². The molecular formula is C20H20BrClN5O+.